The minimum Gasteiger partial charge on any atom is -0.451 e. The number of rotatable bonds is 5. The number of alkyl halides is 3. The van der Waals surface area contributed by atoms with Crippen LogP contribution >= 0.6 is 0 Å². The van der Waals surface area contributed by atoms with Crippen LogP contribution < -0.4 is 5.43 Å². The molecule has 1 saturated heterocycles. The number of halogens is 3. The fraction of sp³-hybridized carbons (Fsp3) is 0.719. The minimum absolute atomic E-state index is 0.00299. The monoisotopic (exact) mass is 608 g/mol. The van der Waals surface area contributed by atoms with Crippen molar-refractivity contribution in [3.8, 4) is 0 Å². The summed E-state index contributed by atoms with van der Waals surface area (Å²) in [5, 5.41) is 16.7. The molecule has 8 nitrogen and oxygen atoms in total. The number of carbonyl (C=O) groups excluding carboxylic acids is 2. The lowest BCUT2D eigenvalue weighted by molar-refractivity contribution is -0.267. The standard InChI is InChI=1S/C32H43F3N2O6/c1-9-20(18(4)37-36-15-32(33,34)35)27(39)42-26-16(2)12-30-17(3)10-22-24(28(22,5)6)21(25(30)38)11-19-14-41-29(7,8)43-23(19)13-31(26,30)40/h9,11-12,17,21-24,26,36,40H,10,13-15H2,1-8H3/b19-11-,20-9-,37-18-/t17-,21?,22?,23?,24+,26?,30?,31?/m1/s1. The Morgan fingerprint density at radius 1 is 1.28 bits per heavy atom. The Hall–Kier alpha value is -2.50. The summed E-state index contributed by atoms with van der Waals surface area (Å²) in [6.45, 7) is 13.5. The summed E-state index contributed by atoms with van der Waals surface area (Å²) in [6.07, 6.45) is -0.329. The molecule has 5 rings (SSSR count). The maximum atomic E-state index is 14.8. The Morgan fingerprint density at radius 3 is 2.58 bits per heavy atom. The third-order valence-electron chi connectivity index (χ3n) is 10.6. The highest BCUT2D eigenvalue weighted by atomic mass is 19.4. The van der Waals surface area contributed by atoms with E-state index in [4.69, 9.17) is 14.2 Å². The highest BCUT2D eigenvalue weighted by Crippen LogP contribution is 2.71. The highest BCUT2D eigenvalue weighted by Gasteiger charge is 2.74. The van der Waals surface area contributed by atoms with Gasteiger partial charge in [0.2, 0.25) is 0 Å². The van der Waals surface area contributed by atoms with E-state index in [0.717, 1.165) is 12.0 Å². The summed E-state index contributed by atoms with van der Waals surface area (Å²) in [5.74, 6) is -2.24. The zero-order valence-corrected chi connectivity index (χ0v) is 26.1. The van der Waals surface area contributed by atoms with E-state index < -0.39 is 53.6 Å². The van der Waals surface area contributed by atoms with Gasteiger partial charge in [-0.05, 0) is 75.4 Å². The SMILES string of the molecule is C/C=C(C(=O)OC1C(C)=CC23C(=O)C(/C=C4/COC(C)(C)OC4CC12O)[C@H]1C(C[C@H]3C)C1(C)C)/C(C)=N\NCC(F)(F)F. The number of esters is 1. The molecule has 0 radical (unpaired) electrons. The molecular formula is C32H43F3N2O6. The molecule has 3 fully saturated rings. The number of fused-ring (bicyclic) bond motifs is 4. The van der Waals surface area contributed by atoms with E-state index in [9.17, 15) is 27.9 Å². The largest absolute Gasteiger partial charge is 0.451 e. The van der Waals surface area contributed by atoms with Crippen molar-refractivity contribution in [1.82, 2.24) is 5.43 Å². The Kier molecular flexibility index (Phi) is 7.62. The number of ketones is 1. The molecule has 238 valence electrons. The zero-order chi connectivity index (χ0) is 31.9. The van der Waals surface area contributed by atoms with Crippen LogP contribution in [0.25, 0.3) is 0 Å². The second-order valence-corrected chi connectivity index (χ2v) is 14.0. The first-order chi connectivity index (χ1) is 19.8. The van der Waals surface area contributed by atoms with Gasteiger partial charge in [-0.3, -0.25) is 4.79 Å². The summed E-state index contributed by atoms with van der Waals surface area (Å²) in [5.41, 5.74) is -0.0146. The molecule has 2 bridgehead atoms. The molecule has 1 aliphatic heterocycles. The van der Waals surface area contributed by atoms with E-state index in [1.807, 2.05) is 24.5 Å². The van der Waals surface area contributed by atoms with Crippen molar-refractivity contribution in [3.05, 3.63) is 34.9 Å². The van der Waals surface area contributed by atoms with Gasteiger partial charge in [0.25, 0.3) is 0 Å². The van der Waals surface area contributed by atoms with Crippen molar-refractivity contribution in [3.63, 3.8) is 0 Å². The van der Waals surface area contributed by atoms with Crippen molar-refractivity contribution in [1.29, 1.82) is 0 Å². The van der Waals surface area contributed by atoms with E-state index >= 15 is 0 Å². The summed E-state index contributed by atoms with van der Waals surface area (Å²) in [7, 11) is 0. The second kappa shape index (κ2) is 10.3. The molecule has 11 heteroatoms. The molecule has 4 aliphatic carbocycles. The molecule has 0 aromatic heterocycles. The first-order valence-corrected chi connectivity index (χ1v) is 15.0. The predicted octanol–water partition coefficient (Wildman–Crippen LogP) is 5.03. The summed E-state index contributed by atoms with van der Waals surface area (Å²) >= 11 is 0. The fourth-order valence-electron chi connectivity index (χ4n) is 8.45. The summed E-state index contributed by atoms with van der Waals surface area (Å²) in [4.78, 5) is 28.4. The topological polar surface area (TPSA) is 106 Å². The first kappa shape index (κ1) is 31.9. The number of allylic oxidation sites excluding steroid dienone is 2. The quantitative estimate of drug-likeness (QED) is 0.148. The van der Waals surface area contributed by atoms with Gasteiger partial charge in [-0.2, -0.15) is 18.3 Å². The molecule has 0 amide bonds. The molecule has 2 saturated carbocycles. The molecule has 2 N–H and O–H groups in total. The number of aliphatic hydroxyl groups is 1. The van der Waals surface area contributed by atoms with E-state index in [1.165, 1.54) is 13.0 Å². The Bertz CT molecular complexity index is 1330. The average molecular weight is 609 g/mol. The number of Topliss-reactive ketones (excluding diaryl/α,β-unsaturated/α-hetero) is 1. The van der Waals surface area contributed by atoms with Crippen LogP contribution in [0.15, 0.2) is 40.0 Å². The number of hydrogen-bond acceptors (Lipinski definition) is 8. The molecule has 43 heavy (non-hydrogen) atoms. The predicted molar refractivity (Wildman–Crippen MR) is 153 cm³/mol. The van der Waals surface area contributed by atoms with Gasteiger partial charge in [0.15, 0.2) is 17.7 Å². The number of ether oxygens (including phenoxy) is 3. The molecule has 0 aromatic rings. The van der Waals surface area contributed by atoms with Gasteiger partial charge in [0.1, 0.15) is 12.1 Å². The number of hydrogen-bond donors (Lipinski definition) is 2. The van der Waals surface area contributed by atoms with E-state index in [0.29, 0.717) is 5.57 Å². The fourth-order valence-corrected chi connectivity index (χ4v) is 8.45. The van der Waals surface area contributed by atoms with Gasteiger partial charge in [0, 0.05) is 12.3 Å². The lowest BCUT2D eigenvalue weighted by atomic mass is 9.57. The Morgan fingerprint density at radius 2 is 1.95 bits per heavy atom. The molecular weight excluding hydrogens is 565 g/mol. The van der Waals surface area contributed by atoms with Gasteiger partial charge in [-0.15, -0.1) is 0 Å². The maximum Gasteiger partial charge on any atom is 0.407 e. The van der Waals surface area contributed by atoms with Crippen molar-refractivity contribution in [2.24, 2.45) is 39.6 Å². The molecule has 5 aliphatic rings. The van der Waals surface area contributed by atoms with E-state index in [2.05, 4.69) is 18.9 Å². The van der Waals surface area contributed by atoms with Gasteiger partial charge in [-0.1, -0.05) is 39.0 Å². The van der Waals surface area contributed by atoms with E-state index in [-0.39, 0.29) is 53.3 Å². The van der Waals surface area contributed by atoms with Crippen LogP contribution in [0.1, 0.15) is 68.2 Å². The summed E-state index contributed by atoms with van der Waals surface area (Å²) < 4.78 is 56.3. The molecule has 0 aromatic carbocycles. The third-order valence-corrected chi connectivity index (χ3v) is 10.6. The van der Waals surface area contributed by atoms with Crippen molar-refractivity contribution in [2.75, 3.05) is 13.2 Å². The Balaban J connectivity index is 1.55. The van der Waals surface area contributed by atoms with Crippen LogP contribution in [0, 0.1) is 34.5 Å². The lowest BCUT2D eigenvalue weighted by Crippen LogP contribution is -2.63. The van der Waals surface area contributed by atoms with Crippen molar-refractivity contribution < 1.29 is 42.1 Å². The molecule has 1 heterocycles. The number of nitrogens with zero attached hydrogens (tertiary/aromatic N) is 1. The van der Waals surface area contributed by atoms with Crippen LogP contribution in [0.4, 0.5) is 13.2 Å². The minimum atomic E-state index is -4.48. The normalized spacial score (nSPS) is 41.3. The number of carbonyl (C=O) groups is 2. The van der Waals surface area contributed by atoms with Gasteiger partial charge >= 0.3 is 12.1 Å². The van der Waals surface area contributed by atoms with Gasteiger partial charge < -0.3 is 24.7 Å². The number of hydrazone groups is 1. The zero-order valence-electron chi connectivity index (χ0n) is 26.1. The van der Waals surface area contributed by atoms with Gasteiger partial charge in [-0.25, -0.2) is 4.79 Å². The van der Waals surface area contributed by atoms with Crippen LogP contribution in [-0.2, 0) is 23.8 Å². The van der Waals surface area contributed by atoms with Crippen LogP contribution in [-0.4, -0.2) is 65.5 Å². The molecule has 8 atom stereocenters. The number of nitrogens with one attached hydrogen (secondary N) is 1. The molecule has 1 spiro atoms. The second-order valence-electron chi connectivity index (χ2n) is 14.0. The van der Waals surface area contributed by atoms with Gasteiger partial charge in [0.05, 0.1) is 29.4 Å². The smallest absolute Gasteiger partial charge is 0.407 e. The highest BCUT2D eigenvalue weighted by molar-refractivity contribution is 6.18. The van der Waals surface area contributed by atoms with E-state index in [1.54, 1.807) is 27.7 Å². The van der Waals surface area contributed by atoms with Crippen molar-refractivity contribution in [2.45, 2.75) is 98.0 Å². The third kappa shape index (κ3) is 5.09. The van der Waals surface area contributed by atoms with Crippen LogP contribution in [0.2, 0.25) is 0 Å². The van der Waals surface area contributed by atoms with Crippen LogP contribution in [0.3, 0.4) is 0 Å². The lowest BCUT2D eigenvalue weighted by Gasteiger charge is -2.51. The average Bonchev–Trinajstić information content (AvgIpc) is 3.36. The maximum absolute atomic E-state index is 14.8. The molecule has 6 unspecified atom stereocenters. The van der Waals surface area contributed by atoms with Crippen LogP contribution in [0.5, 0.6) is 0 Å². The Labute approximate surface area is 250 Å². The first-order valence-electron chi connectivity index (χ1n) is 15.0. The van der Waals surface area contributed by atoms with Crippen molar-refractivity contribution >= 4 is 17.5 Å². The summed E-state index contributed by atoms with van der Waals surface area (Å²) in [6, 6.07) is 0.